The van der Waals surface area contributed by atoms with Gasteiger partial charge < -0.3 is 10.1 Å². The number of rotatable bonds is 6. The highest BCUT2D eigenvalue weighted by atomic mass is 32.2. The monoisotopic (exact) mass is 352 g/mol. The van der Waals surface area contributed by atoms with Gasteiger partial charge in [-0.25, -0.2) is 22.3 Å². The number of hydrogen-bond acceptors (Lipinski definition) is 4. The number of sulfonamides is 1. The van der Waals surface area contributed by atoms with Crippen molar-refractivity contribution in [2.75, 3.05) is 6.26 Å². The molecule has 128 valence electrons. The van der Waals surface area contributed by atoms with Crippen LogP contribution in [-0.4, -0.2) is 20.8 Å². The zero-order valence-electron chi connectivity index (χ0n) is 13.0. The van der Waals surface area contributed by atoms with Gasteiger partial charge in [0.05, 0.1) is 6.26 Å². The Morgan fingerprint density at radius 2 is 1.83 bits per heavy atom. The van der Waals surface area contributed by atoms with Crippen LogP contribution in [-0.2, 0) is 23.1 Å². The molecule has 2 N–H and O–H groups in total. The minimum Gasteiger partial charge on any atom is -0.410 e. The lowest BCUT2D eigenvalue weighted by atomic mass is 10.1. The molecule has 0 aromatic heterocycles. The predicted molar refractivity (Wildman–Crippen MR) is 87.4 cm³/mol. The molecule has 0 saturated heterocycles. The van der Waals surface area contributed by atoms with Gasteiger partial charge in [0, 0.05) is 18.7 Å². The second-order valence-electron chi connectivity index (χ2n) is 5.08. The van der Waals surface area contributed by atoms with Crippen LogP contribution < -0.4 is 14.8 Å². The first-order valence-corrected chi connectivity index (χ1v) is 8.95. The third-order valence-corrected chi connectivity index (χ3v) is 3.70. The van der Waals surface area contributed by atoms with Crippen molar-refractivity contribution in [2.45, 2.75) is 13.1 Å². The number of halogens is 1. The number of para-hydroxylation sites is 1. The number of nitrogens with one attached hydrogen (secondary N) is 2. The molecule has 0 unspecified atom stereocenters. The molecule has 0 spiro atoms. The van der Waals surface area contributed by atoms with E-state index in [-0.39, 0.29) is 18.7 Å². The molecular formula is C16H17FN2O4S. The van der Waals surface area contributed by atoms with Crippen molar-refractivity contribution < 1.29 is 22.3 Å². The maximum atomic E-state index is 13.9. The fraction of sp³-hybridized carbons (Fsp3) is 0.188. The van der Waals surface area contributed by atoms with Gasteiger partial charge in [0.1, 0.15) is 11.6 Å². The molecule has 2 aromatic carbocycles. The average molecular weight is 352 g/mol. The molecule has 0 fully saturated rings. The van der Waals surface area contributed by atoms with Crippen LogP contribution in [0.4, 0.5) is 9.18 Å². The van der Waals surface area contributed by atoms with Crippen molar-refractivity contribution in [1.82, 2.24) is 10.0 Å². The van der Waals surface area contributed by atoms with E-state index in [4.69, 9.17) is 4.74 Å². The minimum atomic E-state index is -3.39. The van der Waals surface area contributed by atoms with E-state index in [1.54, 1.807) is 36.4 Å². The quantitative estimate of drug-likeness (QED) is 0.834. The largest absolute Gasteiger partial charge is 0.412 e. The van der Waals surface area contributed by atoms with Crippen molar-refractivity contribution in [3.8, 4) is 5.75 Å². The maximum Gasteiger partial charge on any atom is 0.412 e. The zero-order valence-corrected chi connectivity index (χ0v) is 13.8. The molecule has 0 aliphatic heterocycles. The average Bonchev–Trinajstić information content (AvgIpc) is 2.52. The van der Waals surface area contributed by atoms with Crippen molar-refractivity contribution in [3.05, 3.63) is 65.5 Å². The third kappa shape index (κ3) is 5.98. The molecule has 0 heterocycles. The van der Waals surface area contributed by atoms with Gasteiger partial charge in [-0.3, -0.25) is 0 Å². The van der Waals surface area contributed by atoms with E-state index in [1.165, 1.54) is 12.1 Å². The first kappa shape index (κ1) is 17.9. The molecule has 0 bridgehead atoms. The Morgan fingerprint density at radius 1 is 1.12 bits per heavy atom. The molecule has 24 heavy (non-hydrogen) atoms. The molecule has 0 aliphatic rings. The summed E-state index contributed by atoms with van der Waals surface area (Å²) in [4.78, 5) is 11.6. The number of hydrogen-bond donors (Lipinski definition) is 2. The van der Waals surface area contributed by atoms with Crippen molar-refractivity contribution in [2.24, 2.45) is 0 Å². The molecule has 0 aliphatic carbocycles. The summed E-state index contributed by atoms with van der Waals surface area (Å²) in [7, 11) is -3.39. The third-order valence-electron chi connectivity index (χ3n) is 3.03. The molecule has 8 heteroatoms. The second-order valence-corrected chi connectivity index (χ2v) is 6.91. The highest BCUT2D eigenvalue weighted by Gasteiger charge is 2.08. The smallest absolute Gasteiger partial charge is 0.410 e. The Labute approximate surface area is 139 Å². The zero-order chi connectivity index (χ0) is 17.6. The highest BCUT2D eigenvalue weighted by molar-refractivity contribution is 7.88. The lowest BCUT2D eigenvalue weighted by Crippen LogP contribution is -2.26. The summed E-state index contributed by atoms with van der Waals surface area (Å²) in [6.07, 6.45) is 0.353. The van der Waals surface area contributed by atoms with E-state index in [0.717, 1.165) is 6.26 Å². The Hall–Kier alpha value is -2.45. The van der Waals surface area contributed by atoms with Crippen molar-refractivity contribution >= 4 is 16.1 Å². The van der Waals surface area contributed by atoms with E-state index >= 15 is 0 Å². The van der Waals surface area contributed by atoms with Crippen LogP contribution in [0, 0.1) is 5.82 Å². The van der Waals surface area contributed by atoms with Crippen LogP contribution in [0.1, 0.15) is 11.1 Å². The molecule has 0 atom stereocenters. The summed E-state index contributed by atoms with van der Waals surface area (Å²) in [6, 6.07) is 12.9. The standard InChI is InChI=1S/C16H17FN2O4S/c1-24(21,22)19-11-13-8-7-12(9-15(13)17)10-18-16(20)23-14-5-3-2-4-6-14/h2-9,19H,10-11H2,1H3,(H,18,20). The highest BCUT2D eigenvalue weighted by Crippen LogP contribution is 2.11. The number of ether oxygens (including phenoxy) is 1. The van der Waals surface area contributed by atoms with Gasteiger partial charge in [0.25, 0.3) is 0 Å². The fourth-order valence-corrected chi connectivity index (χ4v) is 2.28. The van der Waals surface area contributed by atoms with E-state index in [1.807, 2.05) is 0 Å². The van der Waals surface area contributed by atoms with Gasteiger partial charge in [-0.1, -0.05) is 30.3 Å². The lowest BCUT2D eigenvalue weighted by Gasteiger charge is -2.09. The Kier molecular flexibility index (Phi) is 5.88. The van der Waals surface area contributed by atoms with Crippen LogP contribution in [0.2, 0.25) is 0 Å². The minimum absolute atomic E-state index is 0.0857. The number of carbonyl (C=O) groups is 1. The summed E-state index contributed by atoms with van der Waals surface area (Å²) < 4.78 is 43.2. The van der Waals surface area contributed by atoms with Crippen LogP contribution >= 0.6 is 0 Å². The number of carbonyl (C=O) groups excluding carboxylic acids is 1. The second kappa shape index (κ2) is 7.89. The molecule has 2 rings (SSSR count). The summed E-state index contributed by atoms with van der Waals surface area (Å²) in [6.45, 7) is -0.0448. The van der Waals surface area contributed by atoms with Crippen molar-refractivity contribution in [3.63, 3.8) is 0 Å². The number of benzene rings is 2. The van der Waals surface area contributed by atoms with E-state index in [0.29, 0.717) is 11.3 Å². The summed E-state index contributed by atoms with van der Waals surface area (Å²) in [5.74, 6) is -0.148. The van der Waals surface area contributed by atoms with Gasteiger partial charge in [-0.05, 0) is 23.8 Å². The summed E-state index contributed by atoms with van der Waals surface area (Å²) in [5.41, 5.74) is 0.747. The topological polar surface area (TPSA) is 84.5 Å². The normalized spacial score (nSPS) is 11.1. The van der Waals surface area contributed by atoms with Crippen molar-refractivity contribution in [1.29, 1.82) is 0 Å². The first-order valence-electron chi connectivity index (χ1n) is 7.06. The Morgan fingerprint density at radius 3 is 2.46 bits per heavy atom. The van der Waals surface area contributed by atoms with Crippen LogP contribution in [0.5, 0.6) is 5.75 Å². The van der Waals surface area contributed by atoms with Crippen LogP contribution in [0.15, 0.2) is 48.5 Å². The first-order chi connectivity index (χ1) is 11.3. The van der Waals surface area contributed by atoms with Gasteiger partial charge in [0.15, 0.2) is 0 Å². The molecule has 0 radical (unpaired) electrons. The fourth-order valence-electron chi connectivity index (χ4n) is 1.86. The summed E-state index contributed by atoms with van der Waals surface area (Å²) in [5, 5.41) is 2.51. The van der Waals surface area contributed by atoms with Crippen LogP contribution in [0.25, 0.3) is 0 Å². The Balaban J connectivity index is 1.89. The van der Waals surface area contributed by atoms with Crippen LogP contribution in [0.3, 0.4) is 0 Å². The Bertz CT molecular complexity index is 810. The van der Waals surface area contributed by atoms with E-state index in [9.17, 15) is 17.6 Å². The molecule has 6 nitrogen and oxygen atoms in total. The van der Waals surface area contributed by atoms with E-state index < -0.39 is 21.9 Å². The molecule has 2 aromatic rings. The van der Waals surface area contributed by atoms with Gasteiger partial charge >= 0.3 is 6.09 Å². The predicted octanol–water partition coefficient (Wildman–Crippen LogP) is 2.16. The maximum absolute atomic E-state index is 13.9. The lowest BCUT2D eigenvalue weighted by molar-refractivity contribution is 0.200. The molecule has 1 amide bonds. The number of amides is 1. The molecular weight excluding hydrogens is 335 g/mol. The summed E-state index contributed by atoms with van der Waals surface area (Å²) >= 11 is 0. The van der Waals surface area contributed by atoms with E-state index in [2.05, 4.69) is 10.0 Å². The van der Waals surface area contributed by atoms with Gasteiger partial charge in [-0.2, -0.15) is 0 Å². The molecule has 0 saturated carbocycles. The van der Waals surface area contributed by atoms with Gasteiger partial charge in [0.2, 0.25) is 10.0 Å². The van der Waals surface area contributed by atoms with Gasteiger partial charge in [-0.15, -0.1) is 0 Å². The SMILES string of the molecule is CS(=O)(=O)NCc1ccc(CNC(=O)Oc2ccccc2)cc1F.